The van der Waals surface area contributed by atoms with Gasteiger partial charge >= 0.3 is 0 Å². The molecular weight excluding hydrogens is 146 g/mol. The number of hydrogen-bond donors (Lipinski definition) is 2. The maximum atomic E-state index is 8.87. The summed E-state index contributed by atoms with van der Waals surface area (Å²) in [6, 6.07) is 0.293. The fourth-order valence-corrected chi connectivity index (χ4v) is 1.57. The van der Waals surface area contributed by atoms with Gasteiger partial charge in [0.2, 0.25) is 0 Å². The second-order valence-corrected chi connectivity index (χ2v) is 3.84. The van der Waals surface area contributed by atoms with Crippen molar-refractivity contribution in [3.05, 3.63) is 0 Å². The molecule has 10 heavy (non-hydrogen) atoms. The Labute approximate surface area is 67.2 Å². The summed E-state index contributed by atoms with van der Waals surface area (Å²) >= 11 is 1.76. The standard InChI is InChI=1S/C7H17NOS/c1-6(8)3-4-10-5-7(2)9/h6-7,9H,3-5,8H2,1-2H3. The van der Waals surface area contributed by atoms with Gasteiger partial charge in [0.15, 0.2) is 0 Å². The van der Waals surface area contributed by atoms with Crippen molar-refractivity contribution in [1.82, 2.24) is 0 Å². The van der Waals surface area contributed by atoms with Gasteiger partial charge in [0.05, 0.1) is 6.10 Å². The SMILES string of the molecule is CC(N)CCSCC(C)O. The highest BCUT2D eigenvalue weighted by Gasteiger charge is 1.97. The molecule has 0 saturated heterocycles. The Hall–Kier alpha value is 0.270. The molecule has 0 aromatic heterocycles. The summed E-state index contributed by atoms with van der Waals surface area (Å²) < 4.78 is 0. The van der Waals surface area contributed by atoms with Crippen LogP contribution in [0, 0.1) is 0 Å². The minimum atomic E-state index is -0.182. The molecule has 0 heterocycles. The molecule has 2 nitrogen and oxygen atoms in total. The monoisotopic (exact) mass is 163 g/mol. The molecular formula is C7H17NOS. The van der Waals surface area contributed by atoms with Crippen molar-refractivity contribution in [2.75, 3.05) is 11.5 Å². The molecule has 0 aliphatic heterocycles. The smallest absolute Gasteiger partial charge is 0.0602 e. The minimum absolute atomic E-state index is 0.182. The van der Waals surface area contributed by atoms with E-state index in [0.717, 1.165) is 17.9 Å². The van der Waals surface area contributed by atoms with Gasteiger partial charge in [-0.3, -0.25) is 0 Å². The Morgan fingerprint density at radius 3 is 2.50 bits per heavy atom. The van der Waals surface area contributed by atoms with E-state index in [-0.39, 0.29) is 6.10 Å². The fraction of sp³-hybridized carbons (Fsp3) is 1.00. The summed E-state index contributed by atoms with van der Waals surface area (Å²) in [4.78, 5) is 0. The normalized spacial score (nSPS) is 16.8. The molecule has 0 radical (unpaired) electrons. The van der Waals surface area contributed by atoms with Gasteiger partial charge in [0, 0.05) is 11.8 Å². The van der Waals surface area contributed by atoms with E-state index in [9.17, 15) is 0 Å². The molecule has 0 spiro atoms. The van der Waals surface area contributed by atoms with Gasteiger partial charge in [-0.2, -0.15) is 11.8 Å². The Morgan fingerprint density at radius 1 is 1.50 bits per heavy atom. The van der Waals surface area contributed by atoms with Crippen LogP contribution < -0.4 is 5.73 Å². The highest BCUT2D eigenvalue weighted by Crippen LogP contribution is 2.05. The predicted octanol–water partition coefficient (Wildman–Crippen LogP) is 0.838. The second-order valence-electron chi connectivity index (χ2n) is 2.69. The van der Waals surface area contributed by atoms with Gasteiger partial charge in [0.25, 0.3) is 0 Å². The lowest BCUT2D eigenvalue weighted by molar-refractivity contribution is 0.220. The number of aliphatic hydroxyl groups excluding tert-OH is 1. The Kier molecular flexibility index (Phi) is 6.17. The quantitative estimate of drug-likeness (QED) is 0.590. The van der Waals surface area contributed by atoms with Crippen molar-refractivity contribution >= 4 is 11.8 Å². The van der Waals surface area contributed by atoms with Gasteiger partial charge in [-0.1, -0.05) is 0 Å². The Morgan fingerprint density at radius 2 is 2.10 bits per heavy atom. The topological polar surface area (TPSA) is 46.2 Å². The zero-order chi connectivity index (χ0) is 7.98. The molecule has 3 N–H and O–H groups in total. The second kappa shape index (κ2) is 6.01. The summed E-state index contributed by atoms with van der Waals surface area (Å²) in [5, 5.41) is 8.87. The third-order valence-electron chi connectivity index (χ3n) is 1.08. The first-order valence-electron chi connectivity index (χ1n) is 3.64. The van der Waals surface area contributed by atoms with E-state index in [1.165, 1.54) is 0 Å². The van der Waals surface area contributed by atoms with Crippen LogP contribution in [-0.2, 0) is 0 Å². The summed E-state index contributed by atoms with van der Waals surface area (Å²) in [6.07, 6.45) is 0.857. The van der Waals surface area contributed by atoms with Crippen molar-refractivity contribution in [1.29, 1.82) is 0 Å². The molecule has 0 rings (SSSR count). The van der Waals surface area contributed by atoms with Gasteiger partial charge in [-0.25, -0.2) is 0 Å². The first kappa shape index (κ1) is 10.3. The fourth-order valence-electron chi connectivity index (χ4n) is 0.523. The average Bonchev–Trinajstić information content (AvgIpc) is 1.79. The molecule has 0 fully saturated rings. The van der Waals surface area contributed by atoms with Crippen LogP contribution in [0.2, 0.25) is 0 Å². The summed E-state index contributed by atoms with van der Waals surface area (Å²) in [5.41, 5.74) is 5.53. The van der Waals surface area contributed by atoms with Crippen LogP contribution >= 0.6 is 11.8 Å². The average molecular weight is 163 g/mol. The van der Waals surface area contributed by atoms with Gasteiger partial charge in [-0.15, -0.1) is 0 Å². The summed E-state index contributed by atoms with van der Waals surface area (Å²) in [7, 11) is 0. The lowest BCUT2D eigenvalue weighted by Gasteiger charge is -2.05. The van der Waals surface area contributed by atoms with E-state index >= 15 is 0 Å². The number of thioether (sulfide) groups is 1. The number of rotatable bonds is 5. The molecule has 2 atom stereocenters. The molecule has 0 aliphatic carbocycles. The van der Waals surface area contributed by atoms with Crippen LogP contribution in [0.4, 0.5) is 0 Å². The van der Waals surface area contributed by atoms with Crippen LogP contribution in [0.3, 0.4) is 0 Å². The third kappa shape index (κ3) is 8.27. The zero-order valence-electron chi connectivity index (χ0n) is 6.71. The Balaban J connectivity index is 2.91. The maximum absolute atomic E-state index is 8.87. The highest BCUT2D eigenvalue weighted by atomic mass is 32.2. The molecule has 0 saturated carbocycles. The number of hydrogen-bond acceptors (Lipinski definition) is 3. The van der Waals surface area contributed by atoms with E-state index in [0.29, 0.717) is 6.04 Å². The van der Waals surface area contributed by atoms with E-state index in [4.69, 9.17) is 10.8 Å². The predicted molar refractivity (Wildman–Crippen MR) is 47.3 cm³/mol. The van der Waals surface area contributed by atoms with Crippen LogP contribution in [0.15, 0.2) is 0 Å². The van der Waals surface area contributed by atoms with Crippen molar-refractivity contribution < 1.29 is 5.11 Å². The molecule has 0 aromatic carbocycles. The maximum Gasteiger partial charge on any atom is 0.0602 e. The third-order valence-corrected chi connectivity index (χ3v) is 2.32. The first-order chi connectivity index (χ1) is 4.63. The van der Waals surface area contributed by atoms with Crippen LogP contribution in [0.25, 0.3) is 0 Å². The number of aliphatic hydroxyl groups is 1. The largest absolute Gasteiger partial charge is 0.393 e. The molecule has 0 bridgehead atoms. The van der Waals surface area contributed by atoms with Crippen LogP contribution in [0.5, 0.6) is 0 Å². The Bertz CT molecular complexity index is 66.0. The van der Waals surface area contributed by atoms with Crippen molar-refractivity contribution in [2.45, 2.75) is 32.4 Å². The first-order valence-corrected chi connectivity index (χ1v) is 4.79. The highest BCUT2D eigenvalue weighted by molar-refractivity contribution is 7.99. The van der Waals surface area contributed by atoms with Crippen molar-refractivity contribution in [3.63, 3.8) is 0 Å². The molecule has 3 heteroatoms. The molecule has 62 valence electrons. The zero-order valence-corrected chi connectivity index (χ0v) is 7.53. The van der Waals surface area contributed by atoms with Gasteiger partial charge < -0.3 is 10.8 Å². The van der Waals surface area contributed by atoms with Crippen LogP contribution in [-0.4, -0.2) is 28.8 Å². The van der Waals surface area contributed by atoms with E-state index < -0.39 is 0 Å². The lowest BCUT2D eigenvalue weighted by Crippen LogP contribution is -2.15. The molecule has 0 amide bonds. The van der Waals surface area contributed by atoms with E-state index in [1.54, 1.807) is 18.7 Å². The van der Waals surface area contributed by atoms with E-state index in [1.807, 2.05) is 6.92 Å². The van der Waals surface area contributed by atoms with Gasteiger partial charge in [-0.05, 0) is 26.0 Å². The van der Waals surface area contributed by atoms with Crippen molar-refractivity contribution in [2.24, 2.45) is 5.73 Å². The number of nitrogens with two attached hydrogens (primary N) is 1. The van der Waals surface area contributed by atoms with Crippen molar-refractivity contribution in [3.8, 4) is 0 Å². The summed E-state index contributed by atoms with van der Waals surface area (Å²) in [5.74, 6) is 1.88. The van der Waals surface area contributed by atoms with Crippen LogP contribution in [0.1, 0.15) is 20.3 Å². The summed E-state index contributed by atoms with van der Waals surface area (Å²) in [6.45, 7) is 3.81. The minimum Gasteiger partial charge on any atom is -0.393 e. The van der Waals surface area contributed by atoms with Gasteiger partial charge in [0.1, 0.15) is 0 Å². The molecule has 0 aliphatic rings. The molecule has 0 aromatic rings. The van der Waals surface area contributed by atoms with E-state index in [2.05, 4.69) is 0 Å². The molecule has 2 unspecified atom stereocenters. The lowest BCUT2D eigenvalue weighted by atomic mass is 10.3.